The van der Waals surface area contributed by atoms with E-state index in [4.69, 9.17) is 5.53 Å². The maximum atomic E-state index is 11.2. The van der Waals surface area contributed by atoms with Crippen LogP contribution in [0.1, 0.15) is 10.4 Å². The van der Waals surface area contributed by atoms with E-state index < -0.39 is 5.97 Å². The molecule has 0 saturated carbocycles. The largest absolute Gasteiger partial charge is 0.465 e. The number of carbonyl (C=O) groups excluding carboxylic acids is 1. The van der Waals surface area contributed by atoms with Gasteiger partial charge in [0.25, 0.3) is 0 Å². The smallest absolute Gasteiger partial charge is 0.339 e. The standard InChI is InChI=1S/C8H6BrN3O2/c1-14-8(13)6-4-5(11-12-10)2-3-7(6)9/h2-4H,1H3. The third-order valence-corrected chi connectivity index (χ3v) is 2.21. The van der Waals surface area contributed by atoms with Crippen molar-refractivity contribution in [3.8, 4) is 0 Å². The monoisotopic (exact) mass is 255 g/mol. The molecule has 6 heteroatoms. The summed E-state index contributed by atoms with van der Waals surface area (Å²) in [6.45, 7) is 0. The highest BCUT2D eigenvalue weighted by Gasteiger charge is 2.09. The highest BCUT2D eigenvalue weighted by Crippen LogP contribution is 2.23. The molecule has 0 aromatic heterocycles. The van der Waals surface area contributed by atoms with Crippen molar-refractivity contribution in [2.45, 2.75) is 0 Å². The lowest BCUT2D eigenvalue weighted by atomic mass is 10.2. The van der Waals surface area contributed by atoms with Crippen LogP contribution >= 0.6 is 15.9 Å². The van der Waals surface area contributed by atoms with Crippen LogP contribution in [0.25, 0.3) is 10.4 Å². The molecule has 72 valence electrons. The van der Waals surface area contributed by atoms with Crippen molar-refractivity contribution >= 4 is 27.6 Å². The van der Waals surface area contributed by atoms with Crippen LogP contribution in [-0.2, 0) is 4.74 Å². The predicted molar refractivity (Wildman–Crippen MR) is 54.3 cm³/mol. The van der Waals surface area contributed by atoms with Gasteiger partial charge in [-0.1, -0.05) is 11.2 Å². The summed E-state index contributed by atoms with van der Waals surface area (Å²) in [6.07, 6.45) is 0. The Labute approximate surface area is 88.4 Å². The highest BCUT2D eigenvalue weighted by atomic mass is 79.9. The predicted octanol–water partition coefficient (Wildman–Crippen LogP) is 3.18. The van der Waals surface area contributed by atoms with E-state index in [2.05, 4.69) is 30.7 Å². The number of esters is 1. The summed E-state index contributed by atoms with van der Waals surface area (Å²) in [5.74, 6) is -0.480. The molecule has 0 aliphatic carbocycles. The van der Waals surface area contributed by atoms with Crippen LogP contribution in [0.2, 0.25) is 0 Å². The molecule has 14 heavy (non-hydrogen) atoms. The number of carbonyl (C=O) groups is 1. The Hall–Kier alpha value is -1.52. The molecule has 0 radical (unpaired) electrons. The Kier molecular flexibility index (Phi) is 3.50. The van der Waals surface area contributed by atoms with E-state index in [9.17, 15) is 4.79 Å². The average Bonchev–Trinajstić information content (AvgIpc) is 2.20. The molecular formula is C8H6BrN3O2. The van der Waals surface area contributed by atoms with Gasteiger partial charge < -0.3 is 4.74 Å². The normalized spacial score (nSPS) is 9.00. The van der Waals surface area contributed by atoms with Crippen molar-refractivity contribution in [1.29, 1.82) is 0 Å². The van der Waals surface area contributed by atoms with Gasteiger partial charge in [-0.05, 0) is 33.6 Å². The number of ether oxygens (including phenoxy) is 1. The Balaban J connectivity index is 3.20. The summed E-state index contributed by atoms with van der Waals surface area (Å²) in [6, 6.07) is 4.67. The molecule has 1 aromatic rings. The molecule has 0 N–H and O–H groups in total. The molecule has 0 fully saturated rings. The third kappa shape index (κ3) is 2.25. The van der Waals surface area contributed by atoms with Crippen molar-refractivity contribution in [1.82, 2.24) is 0 Å². The molecule has 0 bridgehead atoms. The number of benzene rings is 1. The lowest BCUT2D eigenvalue weighted by Crippen LogP contribution is -2.01. The summed E-state index contributed by atoms with van der Waals surface area (Å²) in [5, 5.41) is 3.38. The Morgan fingerprint density at radius 3 is 2.93 bits per heavy atom. The third-order valence-electron chi connectivity index (χ3n) is 1.52. The van der Waals surface area contributed by atoms with Crippen molar-refractivity contribution in [2.75, 3.05) is 7.11 Å². The second-order valence-electron chi connectivity index (χ2n) is 2.35. The zero-order chi connectivity index (χ0) is 10.6. The van der Waals surface area contributed by atoms with Crippen LogP contribution in [0.3, 0.4) is 0 Å². The minimum Gasteiger partial charge on any atom is -0.465 e. The first-order valence-electron chi connectivity index (χ1n) is 3.62. The minimum atomic E-state index is -0.480. The van der Waals surface area contributed by atoms with E-state index in [1.807, 2.05) is 0 Å². The first kappa shape index (κ1) is 10.6. The van der Waals surface area contributed by atoms with Gasteiger partial charge in [0.05, 0.1) is 12.7 Å². The number of methoxy groups -OCH3 is 1. The summed E-state index contributed by atoms with van der Waals surface area (Å²) in [7, 11) is 1.29. The first-order valence-corrected chi connectivity index (χ1v) is 4.41. The molecule has 0 amide bonds. The molecule has 0 spiro atoms. The molecule has 5 nitrogen and oxygen atoms in total. The van der Waals surface area contributed by atoms with Crippen molar-refractivity contribution in [3.63, 3.8) is 0 Å². The molecule has 0 aliphatic heterocycles. The van der Waals surface area contributed by atoms with Crippen molar-refractivity contribution < 1.29 is 9.53 Å². The van der Waals surface area contributed by atoms with E-state index in [1.165, 1.54) is 13.2 Å². The van der Waals surface area contributed by atoms with Crippen LogP contribution in [0.4, 0.5) is 5.69 Å². The number of hydrogen-bond acceptors (Lipinski definition) is 3. The van der Waals surface area contributed by atoms with Crippen LogP contribution < -0.4 is 0 Å². The lowest BCUT2D eigenvalue weighted by molar-refractivity contribution is 0.0599. The summed E-state index contributed by atoms with van der Waals surface area (Å²) in [4.78, 5) is 13.8. The lowest BCUT2D eigenvalue weighted by Gasteiger charge is -2.02. The van der Waals surface area contributed by atoms with Gasteiger partial charge in [-0.25, -0.2) is 4.79 Å². The van der Waals surface area contributed by atoms with E-state index in [1.54, 1.807) is 12.1 Å². The molecular weight excluding hydrogens is 250 g/mol. The number of hydrogen-bond donors (Lipinski definition) is 0. The van der Waals surface area contributed by atoms with E-state index >= 15 is 0 Å². The maximum Gasteiger partial charge on any atom is 0.339 e. The first-order chi connectivity index (χ1) is 6.69. The van der Waals surface area contributed by atoms with Gasteiger partial charge in [-0.2, -0.15) is 0 Å². The van der Waals surface area contributed by atoms with Crippen LogP contribution in [0, 0.1) is 0 Å². The van der Waals surface area contributed by atoms with E-state index in [-0.39, 0.29) is 0 Å². The van der Waals surface area contributed by atoms with E-state index in [0.29, 0.717) is 15.7 Å². The molecule has 0 unspecified atom stereocenters. The van der Waals surface area contributed by atoms with Gasteiger partial charge in [0.15, 0.2) is 0 Å². The number of rotatable bonds is 2. The van der Waals surface area contributed by atoms with E-state index in [0.717, 1.165) is 0 Å². The topological polar surface area (TPSA) is 75.1 Å². The fraction of sp³-hybridized carbons (Fsp3) is 0.125. The van der Waals surface area contributed by atoms with Gasteiger partial charge in [0.2, 0.25) is 0 Å². The summed E-state index contributed by atoms with van der Waals surface area (Å²) >= 11 is 3.19. The summed E-state index contributed by atoms with van der Waals surface area (Å²) in [5.41, 5.74) is 8.91. The van der Waals surface area contributed by atoms with Crippen LogP contribution in [0.5, 0.6) is 0 Å². The van der Waals surface area contributed by atoms with Crippen LogP contribution in [0.15, 0.2) is 27.8 Å². The Morgan fingerprint density at radius 1 is 1.64 bits per heavy atom. The zero-order valence-corrected chi connectivity index (χ0v) is 8.85. The van der Waals surface area contributed by atoms with Crippen molar-refractivity contribution in [3.05, 3.63) is 38.7 Å². The SMILES string of the molecule is COC(=O)c1cc(N=[N+]=[N-])ccc1Br. The second-order valence-corrected chi connectivity index (χ2v) is 3.20. The quantitative estimate of drug-likeness (QED) is 0.352. The van der Waals surface area contributed by atoms with Crippen LogP contribution in [-0.4, -0.2) is 13.1 Å². The average molecular weight is 256 g/mol. The van der Waals surface area contributed by atoms with Gasteiger partial charge in [-0.3, -0.25) is 0 Å². The number of azide groups is 1. The Bertz CT molecular complexity index is 413. The maximum absolute atomic E-state index is 11.2. The molecule has 1 rings (SSSR count). The fourth-order valence-electron chi connectivity index (χ4n) is 0.893. The molecule has 0 aliphatic rings. The second kappa shape index (κ2) is 4.64. The van der Waals surface area contributed by atoms with Gasteiger partial charge in [-0.15, -0.1) is 0 Å². The molecule has 0 saturated heterocycles. The van der Waals surface area contributed by atoms with Gasteiger partial charge in [0, 0.05) is 15.1 Å². The van der Waals surface area contributed by atoms with Crippen molar-refractivity contribution in [2.24, 2.45) is 5.11 Å². The van der Waals surface area contributed by atoms with Gasteiger partial charge >= 0.3 is 5.97 Å². The molecule has 1 aromatic carbocycles. The Morgan fingerprint density at radius 2 is 2.36 bits per heavy atom. The van der Waals surface area contributed by atoms with Gasteiger partial charge in [0.1, 0.15) is 0 Å². The molecule has 0 heterocycles. The number of nitrogens with zero attached hydrogens (tertiary/aromatic N) is 3. The summed E-state index contributed by atoms with van der Waals surface area (Å²) < 4.78 is 5.14. The zero-order valence-electron chi connectivity index (χ0n) is 7.27. The minimum absolute atomic E-state index is 0.331. The number of halogens is 1. The molecule has 0 atom stereocenters. The fourth-order valence-corrected chi connectivity index (χ4v) is 1.30. The highest BCUT2D eigenvalue weighted by molar-refractivity contribution is 9.10.